The number of aldehydes is 1. The van der Waals surface area contributed by atoms with Crippen LogP contribution in [0, 0.1) is 0 Å². The van der Waals surface area contributed by atoms with Crippen LogP contribution in [0.15, 0.2) is 30.3 Å². The maximum atomic E-state index is 10.4. The number of unbranched alkanes of at least 4 members (excludes halogenated alkanes) is 3. The standard InChI is InChI=1S/C15H18O3/c16-12-4-2-1-3-5-13-6-8-14(9-7-13)10-11-15(17)18/h6-12H,1-5H2,(H,17,18). The summed E-state index contributed by atoms with van der Waals surface area (Å²) in [4.78, 5) is 20.5. The van der Waals surface area contributed by atoms with Crippen molar-refractivity contribution in [3.8, 4) is 0 Å². The quantitative estimate of drug-likeness (QED) is 0.435. The van der Waals surface area contributed by atoms with Gasteiger partial charge in [-0.2, -0.15) is 0 Å². The first-order valence-electron chi connectivity index (χ1n) is 6.16. The van der Waals surface area contributed by atoms with Gasteiger partial charge >= 0.3 is 5.97 Å². The number of hydrogen-bond acceptors (Lipinski definition) is 2. The normalized spacial score (nSPS) is 10.7. The van der Waals surface area contributed by atoms with Gasteiger partial charge in [-0.3, -0.25) is 0 Å². The van der Waals surface area contributed by atoms with Crippen molar-refractivity contribution in [3.05, 3.63) is 41.5 Å². The van der Waals surface area contributed by atoms with Crippen molar-refractivity contribution in [2.45, 2.75) is 32.1 Å². The molecule has 0 aliphatic heterocycles. The summed E-state index contributed by atoms with van der Waals surface area (Å²) in [7, 11) is 0. The Bertz CT molecular complexity index is 404. The Labute approximate surface area is 107 Å². The number of carboxylic acids is 1. The molecule has 0 saturated carbocycles. The van der Waals surface area contributed by atoms with Crippen molar-refractivity contribution < 1.29 is 14.7 Å². The highest BCUT2D eigenvalue weighted by Gasteiger charge is 1.95. The summed E-state index contributed by atoms with van der Waals surface area (Å²) in [6.45, 7) is 0. The van der Waals surface area contributed by atoms with Crippen molar-refractivity contribution in [1.82, 2.24) is 0 Å². The largest absolute Gasteiger partial charge is 0.478 e. The van der Waals surface area contributed by atoms with Gasteiger partial charge in [0.05, 0.1) is 0 Å². The van der Waals surface area contributed by atoms with Crippen molar-refractivity contribution >= 4 is 18.3 Å². The van der Waals surface area contributed by atoms with Crippen LogP contribution in [0.5, 0.6) is 0 Å². The number of carboxylic acid groups (broad SMARTS) is 1. The number of benzene rings is 1. The second-order valence-electron chi connectivity index (χ2n) is 4.18. The minimum atomic E-state index is -0.936. The lowest BCUT2D eigenvalue weighted by atomic mass is 10.0. The lowest BCUT2D eigenvalue weighted by Crippen LogP contribution is -1.88. The molecule has 0 aliphatic rings. The number of carbonyl (C=O) groups is 2. The van der Waals surface area contributed by atoms with E-state index in [1.54, 1.807) is 6.08 Å². The van der Waals surface area contributed by atoms with Gasteiger partial charge in [-0.25, -0.2) is 4.79 Å². The van der Waals surface area contributed by atoms with E-state index in [1.807, 2.05) is 24.3 Å². The Morgan fingerprint density at radius 2 is 1.83 bits per heavy atom. The average molecular weight is 246 g/mol. The van der Waals surface area contributed by atoms with Crippen LogP contribution in [0.25, 0.3) is 6.08 Å². The average Bonchev–Trinajstić information content (AvgIpc) is 2.37. The van der Waals surface area contributed by atoms with Crippen molar-refractivity contribution in [2.75, 3.05) is 0 Å². The van der Waals surface area contributed by atoms with E-state index < -0.39 is 5.97 Å². The van der Waals surface area contributed by atoms with Crippen LogP contribution in [0.3, 0.4) is 0 Å². The van der Waals surface area contributed by atoms with Crippen LogP contribution < -0.4 is 0 Å². The second kappa shape index (κ2) is 8.23. The van der Waals surface area contributed by atoms with Crippen LogP contribution in [-0.2, 0) is 16.0 Å². The zero-order chi connectivity index (χ0) is 13.2. The molecular formula is C15H18O3. The van der Waals surface area contributed by atoms with Gasteiger partial charge in [0.1, 0.15) is 6.29 Å². The molecule has 0 bridgehead atoms. The van der Waals surface area contributed by atoms with Gasteiger partial charge in [0.2, 0.25) is 0 Å². The zero-order valence-corrected chi connectivity index (χ0v) is 10.3. The Kier molecular flexibility index (Phi) is 6.47. The highest BCUT2D eigenvalue weighted by atomic mass is 16.4. The Hall–Kier alpha value is -1.90. The SMILES string of the molecule is O=CCCCCCc1ccc(C=CC(=O)O)cc1. The molecule has 0 radical (unpaired) electrons. The number of hydrogen-bond donors (Lipinski definition) is 1. The Morgan fingerprint density at radius 3 is 2.44 bits per heavy atom. The van der Waals surface area contributed by atoms with Crippen LogP contribution >= 0.6 is 0 Å². The first kappa shape index (κ1) is 14.2. The van der Waals surface area contributed by atoms with Gasteiger partial charge in [-0.15, -0.1) is 0 Å². The molecule has 0 fully saturated rings. The van der Waals surface area contributed by atoms with E-state index >= 15 is 0 Å². The van der Waals surface area contributed by atoms with Crippen LogP contribution in [0.1, 0.15) is 36.8 Å². The second-order valence-corrected chi connectivity index (χ2v) is 4.18. The summed E-state index contributed by atoms with van der Waals surface area (Å²) >= 11 is 0. The molecule has 1 aromatic rings. The summed E-state index contributed by atoms with van der Waals surface area (Å²) < 4.78 is 0. The lowest BCUT2D eigenvalue weighted by molar-refractivity contribution is -0.131. The minimum Gasteiger partial charge on any atom is -0.478 e. The van der Waals surface area contributed by atoms with Crippen molar-refractivity contribution in [2.24, 2.45) is 0 Å². The molecule has 96 valence electrons. The maximum absolute atomic E-state index is 10.4. The molecule has 0 spiro atoms. The van der Waals surface area contributed by atoms with Crippen molar-refractivity contribution in [3.63, 3.8) is 0 Å². The first-order valence-corrected chi connectivity index (χ1v) is 6.16. The zero-order valence-electron chi connectivity index (χ0n) is 10.3. The van der Waals surface area contributed by atoms with E-state index in [2.05, 4.69) is 0 Å². The number of rotatable bonds is 8. The molecule has 1 N–H and O–H groups in total. The molecule has 0 amide bonds. The summed E-state index contributed by atoms with van der Waals surface area (Å²) in [5, 5.41) is 8.50. The fourth-order valence-electron chi connectivity index (χ4n) is 1.70. The molecule has 0 atom stereocenters. The predicted molar refractivity (Wildman–Crippen MR) is 71.3 cm³/mol. The fourth-order valence-corrected chi connectivity index (χ4v) is 1.70. The number of aliphatic carboxylic acids is 1. The molecule has 1 aromatic carbocycles. The predicted octanol–water partition coefficient (Wildman–Crippen LogP) is 3.09. The summed E-state index contributed by atoms with van der Waals surface area (Å²) in [5.74, 6) is -0.936. The van der Waals surface area contributed by atoms with Gasteiger partial charge in [0, 0.05) is 12.5 Å². The molecule has 3 heteroatoms. The molecular weight excluding hydrogens is 228 g/mol. The molecule has 0 unspecified atom stereocenters. The van der Waals surface area contributed by atoms with Crippen molar-refractivity contribution in [1.29, 1.82) is 0 Å². The van der Waals surface area contributed by atoms with E-state index in [9.17, 15) is 9.59 Å². The van der Waals surface area contributed by atoms with Gasteiger partial charge in [-0.1, -0.05) is 30.7 Å². The third kappa shape index (κ3) is 5.99. The number of aryl methyl sites for hydroxylation is 1. The topological polar surface area (TPSA) is 54.4 Å². The van der Waals surface area contributed by atoms with E-state index in [1.165, 1.54) is 5.56 Å². The van der Waals surface area contributed by atoms with Crippen LogP contribution in [0.4, 0.5) is 0 Å². The summed E-state index contributed by atoms with van der Waals surface area (Å²) in [5.41, 5.74) is 2.13. The monoisotopic (exact) mass is 246 g/mol. The van der Waals surface area contributed by atoms with Crippen LogP contribution in [-0.4, -0.2) is 17.4 Å². The third-order valence-corrected chi connectivity index (χ3v) is 2.69. The summed E-state index contributed by atoms with van der Waals surface area (Å²) in [6, 6.07) is 7.86. The maximum Gasteiger partial charge on any atom is 0.328 e. The first-order chi connectivity index (χ1) is 8.72. The van der Waals surface area contributed by atoms with E-state index in [-0.39, 0.29) is 0 Å². The Morgan fingerprint density at radius 1 is 1.11 bits per heavy atom. The molecule has 1 rings (SSSR count). The lowest BCUT2D eigenvalue weighted by Gasteiger charge is -2.01. The van der Waals surface area contributed by atoms with Gasteiger partial charge in [0.25, 0.3) is 0 Å². The minimum absolute atomic E-state index is 0.652. The fraction of sp³-hybridized carbons (Fsp3) is 0.333. The Balaban J connectivity index is 2.36. The highest BCUT2D eigenvalue weighted by molar-refractivity contribution is 5.85. The van der Waals surface area contributed by atoms with Gasteiger partial charge < -0.3 is 9.90 Å². The summed E-state index contributed by atoms with van der Waals surface area (Å²) in [6.07, 6.45) is 8.44. The molecule has 0 heterocycles. The molecule has 0 aromatic heterocycles. The third-order valence-electron chi connectivity index (χ3n) is 2.69. The molecule has 3 nitrogen and oxygen atoms in total. The number of carbonyl (C=O) groups excluding carboxylic acids is 1. The van der Waals surface area contributed by atoms with Gasteiger partial charge in [0.15, 0.2) is 0 Å². The van der Waals surface area contributed by atoms with Crippen LogP contribution in [0.2, 0.25) is 0 Å². The highest BCUT2D eigenvalue weighted by Crippen LogP contribution is 2.10. The molecule has 0 saturated heterocycles. The van der Waals surface area contributed by atoms with E-state index in [0.29, 0.717) is 6.42 Å². The smallest absolute Gasteiger partial charge is 0.328 e. The molecule has 18 heavy (non-hydrogen) atoms. The van der Waals surface area contributed by atoms with Gasteiger partial charge in [-0.05, 0) is 36.5 Å². The van der Waals surface area contributed by atoms with E-state index in [0.717, 1.165) is 43.6 Å². The van der Waals surface area contributed by atoms with E-state index in [4.69, 9.17) is 5.11 Å². The molecule has 0 aliphatic carbocycles.